The van der Waals surface area contributed by atoms with Crippen molar-refractivity contribution in [2.75, 3.05) is 6.61 Å². The van der Waals surface area contributed by atoms with Gasteiger partial charge in [-0.05, 0) is 121 Å². The summed E-state index contributed by atoms with van der Waals surface area (Å²) in [5.41, 5.74) is 0.0945. The van der Waals surface area contributed by atoms with Crippen LogP contribution in [0.2, 0.25) is 0 Å². The van der Waals surface area contributed by atoms with E-state index in [1.165, 1.54) is 0 Å². The Kier molecular flexibility index (Phi) is 5.52. The molecule has 4 heteroatoms. The molecule has 5 saturated carbocycles. The van der Waals surface area contributed by atoms with Crippen molar-refractivity contribution >= 4 is 5.97 Å². The van der Waals surface area contributed by atoms with Gasteiger partial charge in [-0.2, -0.15) is 0 Å². The standard InChI is InChI=1S/C30H48O4/c1-18(17-31)19-9-12-27(4)15-16-30(25(33)34)20(24(19)27)7-8-22-28(5)13-11-23(32)26(2,3)21(28)10-14-29(22,30)6/h19-24,31-32H,1,7-17H2,2-6H3,(H,33,34). The Hall–Kier alpha value is -0.870. The maximum Gasteiger partial charge on any atom is 0.310 e. The number of hydrogen-bond donors (Lipinski definition) is 3. The molecule has 5 aliphatic rings. The second kappa shape index (κ2) is 7.57. The molecule has 0 heterocycles. The van der Waals surface area contributed by atoms with E-state index < -0.39 is 11.4 Å². The molecule has 10 atom stereocenters. The number of carboxylic acid groups (broad SMARTS) is 1. The van der Waals surface area contributed by atoms with Crippen molar-refractivity contribution in [2.24, 2.45) is 56.7 Å². The van der Waals surface area contributed by atoms with E-state index in [0.717, 1.165) is 69.8 Å². The van der Waals surface area contributed by atoms with E-state index >= 15 is 0 Å². The lowest BCUT2D eigenvalue weighted by molar-refractivity contribution is -0.253. The molecule has 5 aliphatic carbocycles. The molecule has 0 amide bonds. The third-order valence-corrected chi connectivity index (χ3v) is 13.3. The maximum atomic E-state index is 13.5. The van der Waals surface area contributed by atoms with Gasteiger partial charge >= 0.3 is 5.97 Å². The van der Waals surface area contributed by atoms with Gasteiger partial charge in [0, 0.05) is 0 Å². The largest absolute Gasteiger partial charge is 0.481 e. The molecule has 0 aromatic heterocycles. The van der Waals surface area contributed by atoms with Gasteiger partial charge in [0.2, 0.25) is 0 Å². The van der Waals surface area contributed by atoms with Crippen molar-refractivity contribution in [1.29, 1.82) is 0 Å². The minimum Gasteiger partial charge on any atom is -0.481 e. The van der Waals surface area contributed by atoms with E-state index in [0.29, 0.717) is 17.8 Å². The molecule has 4 nitrogen and oxygen atoms in total. The minimum atomic E-state index is -0.702. The van der Waals surface area contributed by atoms with Gasteiger partial charge in [-0.1, -0.05) is 41.2 Å². The van der Waals surface area contributed by atoms with Crippen molar-refractivity contribution in [3.8, 4) is 0 Å². The van der Waals surface area contributed by atoms with Crippen LogP contribution >= 0.6 is 0 Å². The van der Waals surface area contributed by atoms with E-state index in [9.17, 15) is 20.1 Å². The predicted molar refractivity (Wildman–Crippen MR) is 134 cm³/mol. The second-order valence-electron chi connectivity index (χ2n) is 14.5. The smallest absolute Gasteiger partial charge is 0.310 e. The lowest BCUT2D eigenvalue weighted by atomic mass is 9.32. The highest BCUT2D eigenvalue weighted by Gasteiger charge is 2.74. The van der Waals surface area contributed by atoms with E-state index in [1.807, 2.05) is 0 Å². The molecule has 192 valence electrons. The third-order valence-electron chi connectivity index (χ3n) is 13.3. The summed E-state index contributed by atoms with van der Waals surface area (Å²) in [6, 6.07) is 0. The first-order valence-electron chi connectivity index (χ1n) is 14.0. The molecule has 0 spiro atoms. The molecule has 3 N–H and O–H groups in total. The number of carboxylic acids is 1. The molecule has 5 fully saturated rings. The normalized spacial score (nSPS) is 53.7. The minimum absolute atomic E-state index is 0.0150. The van der Waals surface area contributed by atoms with Gasteiger partial charge in [-0.25, -0.2) is 0 Å². The van der Waals surface area contributed by atoms with Crippen LogP contribution in [-0.4, -0.2) is 34.0 Å². The van der Waals surface area contributed by atoms with Gasteiger partial charge in [-0.3, -0.25) is 4.79 Å². The van der Waals surface area contributed by atoms with Crippen LogP contribution in [0.25, 0.3) is 0 Å². The summed E-state index contributed by atoms with van der Waals surface area (Å²) in [5.74, 6) is 0.960. The summed E-state index contributed by atoms with van der Waals surface area (Å²) in [7, 11) is 0. The average molecular weight is 473 g/mol. The maximum absolute atomic E-state index is 13.5. The van der Waals surface area contributed by atoms with Crippen LogP contribution in [0.1, 0.15) is 98.8 Å². The zero-order valence-electron chi connectivity index (χ0n) is 22.2. The number of hydrogen-bond acceptors (Lipinski definition) is 3. The van der Waals surface area contributed by atoms with E-state index in [2.05, 4.69) is 41.2 Å². The molecular weight excluding hydrogens is 424 g/mol. The molecule has 0 aliphatic heterocycles. The highest BCUT2D eigenvalue weighted by atomic mass is 16.4. The highest BCUT2D eigenvalue weighted by Crippen LogP contribution is 2.77. The molecule has 0 aromatic rings. The summed E-state index contributed by atoms with van der Waals surface area (Å²) in [6.45, 7) is 15.9. The number of carbonyl (C=O) groups is 1. The fourth-order valence-electron chi connectivity index (χ4n) is 11.6. The quantitative estimate of drug-likeness (QED) is 0.436. The number of fused-ring (bicyclic) bond motifs is 7. The Labute approximate surface area is 206 Å². The lowest BCUT2D eigenvalue weighted by Crippen LogP contribution is -2.69. The van der Waals surface area contributed by atoms with Gasteiger partial charge in [0.1, 0.15) is 0 Å². The van der Waals surface area contributed by atoms with Crippen LogP contribution < -0.4 is 0 Å². The molecule has 5 rings (SSSR count). The first-order chi connectivity index (χ1) is 15.8. The van der Waals surface area contributed by atoms with Crippen molar-refractivity contribution in [3.63, 3.8) is 0 Å². The summed E-state index contributed by atoms with van der Waals surface area (Å²) < 4.78 is 0. The summed E-state index contributed by atoms with van der Waals surface area (Å²) >= 11 is 0. The van der Waals surface area contributed by atoms with E-state index in [-0.39, 0.29) is 46.2 Å². The fourth-order valence-corrected chi connectivity index (χ4v) is 11.6. The van der Waals surface area contributed by atoms with Gasteiger partial charge in [0.15, 0.2) is 0 Å². The van der Waals surface area contributed by atoms with Crippen molar-refractivity contribution < 1.29 is 20.1 Å². The molecule has 0 aromatic carbocycles. The summed E-state index contributed by atoms with van der Waals surface area (Å²) in [6.07, 6.45) is 9.55. The van der Waals surface area contributed by atoms with Crippen molar-refractivity contribution in [3.05, 3.63) is 12.2 Å². The Bertz CT molecular complexity index is 879. The second-order valence-corrected chi connectivity index (χ2v) is 14.5. The van der Waals surface area contributed by atoms with Gasteiger partial charge in [0.25, 0.3) is 0 Å². The zero-order valence-corrected chi connectivity index (χ0v) is 22.2. The van der Waals surface area contributed by atoms with Crippen molar-refractivity contribution in [2.45, 2.75) is 105 Å². The number of aliphatic carboxylic acids is 1. The average Bonchev–Trinajstić information content (AvgIpc) is 3.13. The molecule has 10 unspecified atom stereocenters. The number of rotatable bonds is 3. The van der Waals surface area contributed by atoms with Crippen LogP contribution in [0.4, 0.5) is 0 Å². The third kappa shape index (κ3) is 2.82. The SMILES string of the molecule is C=C(CO)C1CCC2(C)CCC3(C(=O)O)C(CCC4C5(C)CCC(O)C(C)(C)C5CCC43C)C12. The summed E-state index contributed by atoms with van der Waals surface area (Å²) in [4.78, 5) is 13.5. The first-order valence-corrected chi connectivity index (χ1v) is 14.0. The van der Waals surface area contributed by atoms with Crippen LogP contribution in [0.15, 0.2) is 12.2 Å². The Morgan fingerprint density at radius 3 is 2.24 bits per heavy atom. The Balaban J connectivity index is 1.61. The summed E-state index contributed by atoms with van der Waals surface area (Å²) in [5, 5.41) is 32.0. The van der Waals surface area contributed by atoms with Crippen molar-refractivity contribution in [1.82, 2.24) is 0 Å². The Morgan fingerprint density at radius 1 is 0.882 bits per heavy atom. The van der Waals surface area contributed by atoms with Gasteiger partial charge < -0.3 is 15.3 Å². The molecule has 0 bridgehead atoms. The lowest BCUT2D eigenvalue weighted by Gasteiger charge is -2.72. The highest BCUT2D eigenvalue weighted by molar-refractivity contribution is 5.77. The first kappa shape index (κ1) is 24.8. The zero-order chi connectivity index (χ0) is 24.9. The molecule has 0 saturated heterocycles. The van der Waals surface area contributed by atoms with Crippen LogP contribution in [0.3, 0.4) is 0 Å². The Morgan fingerprint density at radius 2 is 1.59 bits per heavy atom. The van der Waals surface area contributed by atoms with E-state index in [1.54, 1.807) is 0 Å². The van der Waals surface area contributed by atoms with Crippen LogP contribution in [0.5, 0.6) is 0 Å². The van der Waals surface area contributed by atoms with Crippen LogP contribution in [0, 0.1) is 56.7 Å². The van der Waals surface area contributed by atoms with Gasteiger partial charge in [0.05, 0.1) is 18.1 Å². The molecule has 34 heavy (non-hydrogen) atoms. The number of aliphatic hydroxyl groups excluding tert-OH is 2. The predicted octanol–water partition coefficient (Wildman–Crippen LogP) is 6.06. The fraction of sp³-hybridized carbons (Fsp3) is 0.900. The number of aliphatic hydroxyl groups is 2. The molecular formula is C30H48O4. The van der Waals surface area contributed by atoms with Gasteiger partial charge in [-0.15, -0.1) is 0 Å². The van der Waals surface area contributed by atoms with E-state index in [4.69, 9.17) is 0 Å². The molecule has 0 radical (unpaired) electrons. The van der Waals surface area contributed by atoms with Crippen LogP contribution in [-0.2, 0) is 4.79 Å². The monoisotopic (exact) mass is 472 g/mol. The topological polar surface area (TPSA) is 77.8 Å².